The highest BCUT2D eigenvalue weighted by Crippen LogP contribution is 2.35. The molecule has 1 aromatic rings. The van der Waals surface area contributed by atoms with Crippen LogP contribution in [-0.2, 0) is 6.54 Å². The smallest absolute Gasteiger partial charge is 0.0488 e. The van der Waals surface area contributed by atoms with E-state index >= 15 is 0 Å². The largest absolute Gasteiger partial charge is 0.396 e. The fourth-order valence-corrected chi connectivity index (χ4v) is 3.97. The lowest BCUT2D eigenvalue weighted by atomic mass is 9.77. The van der Waals surface area contributed by atoms with Crippen molar-refractivity contribution in [3.63, 3.8) is 0 Å². The molecule has 0 spiro atoms. The van der Waals surface area contributed by atoms with Crippen molar-refractivity contribution in [3.8, 4) is 0 Å². The molecule has 0 aliphatic carbocycles. The maximum absolute atomic E-state index is 9.50. The van der Waals surface area contributed by atoms with E-state index < -0.39 is 0 Å². The second kappa shape index (κ2) is 5.83. The van der Waals surface area contributed by atoms with Crippen molar-refractivity contribution >= 4 is 27.3 Å². The van der Waals surface area contributed by atoms with Crippen molar-refractivity contribution in [1.82, 2.24) is 4.90 Å². The van der Waals surface area contributed by atoms with Gasteiger partial charge in [0.2, 0.25) is 0 Å². The molecule has 0 aromatic carbocycles. The molecule has 1 aromatic heterocycles. The highest BCUT2D eigenvalue weighted by molar-refractivity contribution is 9.10. The zero-order chi connectivity index (χ0) is 12.3. The van der Waals surface area contributed by atoms with Gasteiger partial charge in [0.05, 0.1) is 0 Å². The molecule has 1 saturated heterocycles. The van der Waals surface area contributed by atoms with Crippen LogP contribution in [0.4, 0.5) is 0 Å². The first-order valence-electron chi connectivity index (χ1n) is 6.24. The van der Waals surface area contributed by atoms with E-state index in [2.05, 4.69) is 39.2 Å². The van der Waals surface area contributed by atoms with E-state index in [1.54, 1.807) is 0 Å². The quantitative estimate of drug-likeness (QED) is 0.918. The average Bonchev–Trinajstić information content (AvgIpc) is 2.77. The van der Waals surface area contributed by atoms with Crippen LogP contribution >= 0.6 is 27.3 Å². The number of piperidine rings is 1. The maximum Gasteiger partial charge on any atom is 0.0488 e. The number of thiophene rings is 1. The van der Waals surface area contributed by atoms with Crippen LogP contribution in [0.2, 0.25) is 0 Å². The minimum absolute atomic E-state index is 0.198. The van der Waals surface area contributed by atoms with Crippen LogP contribution in [0.1, 0.15) is 31.1 Å². The van der Waals surface area contributed by atoms with Crippen molar-refractivity contribution in [1.29, 1.82) is 0 Å². The Balaban J connectivity index is 1.89. The van der Waals surface area contributed by atoms with Gasteiger partial charge in [0.15, 0.2) is 0 Å². The summed E-state index contributed by atoms with van der Waals surface area (Å²) < 4.78 is 1.23. The number of aliphatic hydroxyl groups excluding tert-OH is 1. The Bertz CT molecular complexity index is 352. The molecular weight excluding hydrogens is 298 g/mol. The summed E-state index contributed by atoms with van der Waals surface area (Å²) >= 11 is 5.40. The fourth-order valence-electron chi connectivity index (χ4n) is 2.45. The molecule has 0 amide bonds. The van der Waals surface area contributed by atoms with Gasteiger partial charge < -0.3 is 5.11 Å². The number of likely N-dealkylation sites (tertiary alicyclic amines) is 1. The SMILES string of the molecule is CCC1(CO)CCN(Cc2sccc2Br)CC1. The molecule has 0 unspecified atom stereocenters. The topological polar surface area (TPSA) is 23.5 Å². The van der Waals surface area contributed by atoms with Crippen LogP contribution in [0.5, 0.6) is 0 Å². The van der Waals surface area contributed by atoms with Crippen molar-refractivity contribution < 1.29 is 5.11 Å². The van der Waals surface area contributed by atoms with Gasteiger partial charge in [0, 0.05) is 22.5 Å². The number of halogens is 1. The van der Waals surface area contributed by atoms with Crippen LogP contribution in [-0.4, -0.2) is 29.7 Å². The van der Waals surface area contributed by atoms with Gasteiger partial charge in [-0.3, -0.25) is 4.90 Å². The van der Waals surface area contributed by atoms with Gasteiger partial charge in [-0.25, -0.2) is 0 Å². The summed E-state index contributed by atoms with van der Waals surface area (Å²) in [6, 6.07) is 2.12. The second-order valence-electron chi connectivity index (χ2n) is 4.98. The average molecular weight is 318 g/mol. The minimum Gasteiger partial charge on any atom is -0.396 e. The number of rotatable bonds is 4. The predicted molar refractivity (Wildman–Crippen MR) is 76.3 cm³/mol. The maximum atomic E-state index is 9.50. The van der Waals surface area contributed by atoms with E-state index in [9.17, 15) is 5.11 Å². The van der Waals surface area contributed by atoms with Crippen molar-refractivity contribution in [3.05, 3.63) is 20.8 Å². The van der Waals surface area contributed by atoms with E-state index in [1.807, 2.05) is 11.3 Å². The van der Waals surface area contributed by atoms with E-state index in [0.29, 0.717) is 6.61 Å². The zero-order valence-corrected chi connectivity index (χ0v) is 12.7. The molecule has 0 saturated carbocycles. The molecule has 1 aliphatic rings. The van der Waals surface area contributed by atoms with Crippen molar-refractivity contribution in [2.24, 2.45) is 5.41 Å². The summed E-state index contributed by atoms with van der Waals surface area (Å²) in [5, 5.41) is 11.6. The van der Waals surface area contributed by atoms with E-state index in [0.717, 1.165) is 38.9 Å². The van der Waals surface area contributed by atoms with Gasteiger partial charge in [-0.15, -0.1) is 11.3 Å². The Labute approximate surface area is 116 Å². The Kier molecular flexibility index (Phi) is 4.64. The summed E-state index contributed by atoms with van der Waals surface area (Å²) in [5.74, 6) is 0. The Morgan fingerprint density at radius 3 is 2.65 bits per heavy atom. The number of hydrogen-bond acceptors (Lipinski definition) is 3. The molecule has 96 valence electrons. The zero-order valence-electron chi connectivity index (χ0n) is 10.3. The summed E-state index contributed by atoms with van der Waals surface area (Å²) in [6.45, 7) is 5.81. The highest BCUT2D eigenvalue weighted by atomic mass is 79.9. The lowest BCUT2D eigenvalue weighted by Gasteiger charge is -2.40. The summed E-state index contributed by atoms with van der Waals surface area (Å²) in [7, 11) is 0. The molecule has 2 heterocycles. The van der Waals surface area contributed by atoms with Gasteiger partial charge in [-0.2, -0.15) is 0 Å². The first kappa shape index (κ1) is 13.5. The molecule has 1 N–H and O–H groups in total. The van der Waals surface area contributed by atoms with Gasteiger partial charge in [0.25, 0.3) is 0 Å². The van der Waals surface area contributed by atoms with Crippen LogP contribution in [0.3, 0.4) is 0 Å². The minimum atomic E-state index is 0.198. The van der Waals surface area contributed by atoms with Gasteiger partial charge in [-0.05, 0) is 65.1 Å². The van der Waals surface area contributed by atoms with Gasteiger partial charge in [0.1, 0.15) is 0 Å². The van der Waals surface area contributed by atoms with Gasteiger partial charge in [-0.1, -0.05) is 6.92 Å². The Morgan fingerprint density at radius 2 is 2.18 bits per heavy atom. The molecule has 17 heavy (non-hydrogen) atoms. The van der Waals surface area contributed by atoms with Crippen LogP contribution < -0.4 is 0 Å². The van der Waals surface area contributed by atoms with Crippen LogP contribution in [0.25, 0.3) is 0 Å². The summed E-state index contributed by atoms with van der Waals surface area (Å²) in [6.07, 6.45) is 3.35. The molecule has 4 heteroatoms. The normalized spacial score (nSPS) is 20.6. The molecule has 0 radical (unpaired) electrons. The molecule has 2 rings (SSSR count). The Morgan fingerprint density at radius 1 is 1.47 bits per heavy atom. The molecule has 1 fully saturated rings. The molecule has 0 bridgehead atoms. The third-order valence-electron chi connectivity index (χ3n) is 4.06. The third kappa shape index (κ3) is 3.11. The lowest BCUT2D eigenvalue weighted by Crippen LogP contribution is -2.41. The molecule has 1 aliphatic heterocycles. The molecule has 0 atom stereocenters. The van der Waals surface area contributed by atoms with Crippen LogP contribution in [0, 0.1) is 5.41 Å². The lowest BCUT2D eigenvalue weighted by molar-refractivity contribution is 0.0385. The summed E-state index contributed by atoms with van der Waals surface area (Å²) in [4.78, 5) is 3.91. The second-order valence-corrected chi connectivity index (χ2v) is 6.83. The van der Waals surface area contributed by atoms with Gasteiger partial charge >= 0.3 is 0 Å². The Hall–Kier alpha value is 0.100. The first-order valence-corrected chi connectivity index (χ1v) is 7.91. The van der Waals surface area contributed by atoms with E-state index in [4.69, 9.17) is 0 Å². The summed E-state index contributed by atoms with van der Waals surface area (Å²) in [5.41, 5.74) is 0.198. The van der Waals surface area contributed by atoms with Crippen LogP contribution in [0.15, 0.2) is 15.9 Å². The number of nitrogens with zero attached hydrogens (tertiary/aromatic N) is 1. The van der Waals surface area contributed by atoms with E-state index in [-0.39, 0.29) is 5.41 Å². The fraction of sp³-hybridized carbons (Fsp3) is 0.692. The van der Waals surface area contributed by atoms with Crippen molar-refractivity contribution in [2.45, 2.75) is 32.7 Å². The number of hydrogen-bond donors (Lipinski definition) is 1. The highest BCUT2D eigenvalue weighted by Gasteiger charge is 2.32. The monoisotopic (exact) mass is 317 g/mol. The molecule has 2 nitrogen and oxygen atoms in total. The van der Waals surface area contributed by atoms with E-state index in [1.165, 1.54) is 9.35 Å². The third-order valence-corrected chi connectivity index (χ3v) is 5.97. The van der Waals surface area contributed by atoms with Crippen molar-refractivity contribution in [2.75, 3.05) is 19.7 Å². The number of aliphatic hydroxyl groups is 1. The standard InChI is InChI=1S/C13H20BrNOS/c1-2-13(10-16)4-6-15(7-5-13)9-12-11(14)3-8-17-12/h3,8,16H,2,4-7,9-10H2,1H3. The first-order chi connectivity index (χ1) is 8.19. The predicted octanol–water partition coefficient (Wildman–Crippen LogP) is 3.50. The molecular formula is C13H20BrNOS.